The van der Waals surface area contributed by atoms with Gasteiger partial charge in [0.1, 0.15) is 0 Å². The van der Waals surface area contributed by atoms with Crippen molar-refractivity contribution in [2.45, 2.75) is 39.3 Å². The van der Waals surface area contributed by atoms with Gasteiger partial charge in [0.15, 0.2) is 17.6 Å². The van der Waals surface area contributed by atoms with E-state index in [1.807, 2.05) is 13.8 Å². The number of carbonyl (C=O) groups excluding carboxylic acids is 1. The molecular formula is C15H23ClN2O3. The van der Waals surface area contributed by atoms with Gasteiger partial charge in [0.2, 0.25) is 0 Å². The molecule has 0 heterocycles. The molecule has 1 unspecified atom stereocenters. The normalized spacial score (nSPS) is 12.1. The van der Waals surface area contributed by atoms with Gasteiger partial charge in [-0.1, -0.05) is 11.6 Å². The molecule has 0 aliphatic rings. The number of hydrogen-bond acceptors (Lipinski definition) is 4. The third kappa shape index (κ3) is 5.10. The summed E-state index contributed by atoms with van der Waals surface area (Å²) in [5, 5.41) is 3.35. The zero-order valence-corrected chi connectivity index (χ0v) is 13.7. The van der Waals surface area contributed by atoms with Crippen molar-refractivity contribution < 1.29 is 14.3 Å². The quantitative estimate of drug-likeness (QED) is 0.808. The number of carbonyl (C=O) groups is 1. The van der Waals surface area contributed by atoms with E-state index in [1.165, 1.54) is 7.11 Å². The number of nitrogens with one attached hydrogen (secondary N) is 1. The van der Waals surface area contributed by atoms with E-state index in [2.05, 4.69) is 5.32 Å². The number of benzene rings is 1. The second-order valence-corrected chi connectivity index (χ2v) is 5.49. The predicted molar refractivity (Wildman–Crippen MR) is 84.1 cm³/mol. The van der Waals surface area contributed by atoms with Crippen LogP contribution in [-0.2, 0) is 11.2 Å². The lowest BCUT2D eigenvalue weighted by atomic mass is 10.1. The van der Waals surface area contributed by atoms with Crippen molar-refractivity contribution in [3.63, 3.8) is 0 Å². The maximum atomic E-state index is 12.0. The van der Waals surface area contributed by atoms with E-state index >= 15 is 0 Å². The van der Waals surface area contributed by atoms with Gasteiger partial charge in [-0.3, -0.25) is 4.79 Å². The third-order valence-electron chi connectivity index (χ3n) is 2.82. The van der Waals surface area contributed by atoms with Gasteiger partial charge in [-0.25, -0.2) is 0 Å². The first-order valence-corrected chi connectivity index (χ1v) is 7.30. The average Bonchev–Trinajstić information content (AvgIpc) is 2.40. The second-order valence-electron chi connectivity index (χ2n) is 5.06. The lowest BCUT2D eigenvalue weighted by molar-refractivity contribution is -0.127. The Morgan fingerprint density at radius 2 is 2.05 bits per heavy atom. The highest BCUT2D eigenvalue weighted by molar-refractivity contribution is 6.30. The van der Waals surface area contributed by atoms with Gasteiger partial charge in [0, 0.05) is 22.7 Å². The van der Waals surface area contributed by atoms with Gasteiger partial charge >= 0.3 is 0 Å². The van der Waals surface area contributed by atoms with E-state index in [-0.39, 0.29) is 11.9 Å². The van der Waals surface area contributed by atoms with E-state index in [9.17, 15) is 4.79 Å². The fourth-order valence-electron chi connectivity index (χ4n) is 1.88. The Morgan fingerprint density at radius 3 is 2.57 bits per heavy atom. The van der Waals surface area contributed by atoms with E-state index in [0.717, 1.165) is 5.56 Å². The largest absolute Gasteiger partial charge is 0.493 e. The molecule has 21 heavy (non-hydrogen) atoms. The molecule has 0 spiro atoms. The summed E-state index contributed by atoms with van der Waals surface area (Å²) in [6, 6.07) is 3.49. The first-order chi connectivity index (χ1) is 9.88. The number of ether oxygens (including phenoxy) is 2. The van der Waals surface area contributed by atoms with Gasteiger partial charge < -0.3 is 20.5 Å². The summed E-state index contributed by atoms with van der Waals surface area (Å²) in [7, 11) is 1.53. The van der Waals surface area contributed by atoms with Crippen molar-refractivity contribution in [3.05, 3.63) is 22.7 Å². The minimum absolute atomic E-state index is 0.0548. The molecule has 0 fully saturated rings. The number of halogens is 1. The molecule has 0 radical (unpaired) electrons. The summed E-state index contributed by atoms with van der Waals surface area (Å²) in [6.45, 7) is 5.94. The van der Waals surface area contributed by atoms with Gasteiger partial charge in [0.05, 0.1) is 7.11 Å². The average molecular weight is 315 g/mol. The minimum atomic E-state index is -0.640. The number of nitrogens with two attached hydrogens (primary N) is 1. The Hall–Kier alpha value is -1.46. The molecule has 0 aliphatic heterocycles. The summed E-state index contributed by atoms with van der Waals surface area (Å²) in [4.78, 5) is 12.0. The third-order valence-corrected chi connectivity index (χ3v) is 3.04. The Balaban J connectivity index is 3.02. The molecule has 0 aliphatic carbocycles. The first-order valence-electron chi connectivity index (χ1n) is 6.92. The Bertz CT molecular complexity index is 492. The number of rotatable bonds is 7. The molecule has 0 bridgehead atoms. The van der Waals surface area contributed by atoms with E-state index < -0.39 is 6.10 Å². The molecule has 3 N–H and O–H groups in total. The van der Waals surface area contributed by atoms with E-state index in [0.29, 0.717) is 29.5 Å². The summed E-state index contributed by atoms with van der Waals surface area (Å²) in [5.74, 6) is 0.828. The lowest BCUT2D eigenvalue weighted by Gasteiger charge is -2.20. The lowest BCUT2D eigenvalue weighted by Crippen LogP contribution is -2.40. The molecule has 0 aromatic heterocycles. The molecular weight excluding hydrogens is 292 g/mol. The highest BCUT2D eigenvalue weighted by Crippen LogP contribution is 2.35. The summed E-state index contributed by atoms with van der Waals surface area (Å²) < 4.78 is 11.1. The van der Waals surface area contributed by atoms with Crippen molar-refractivity contribution in [2.75, 3.05) is 13.7 Å². The molecule has 1 rings (SSSR count). The van der Waals surface area contributed by atoms with Crippen LogP contribution in [0.15, 0.2) is 12.1 Å². The number of hydrogen-bond donors (Lipinski definition) is 2. The fraction of sp³-hybridized carbons (Fsp3) is 0.533. The van der Waals surface area contributed by atoms with E-state index in [1.54, 1.807) is 19.1 Å². The smallest absolute Gasteiger partial charge is 0.260 e. The Kier molecular flexibility index (Phi) is 6.78. The standard InChI is InChI=1S/C15H23ClN2O3/c1-9(2)18-15(19)10(3)21-14-11(5-6-17)7-12(16)8-13(14)20-4/h7-10H,5-6,17H2,1-4H3,(H,18,19). The van der Waals surface area contributed by atoms with Crippen LogP contribution in [0.1, 0.15) is 26.3 Å². The van der Waals surface area contributed by atoms with Crippen LogP contribution in [0.25, 0.3) is 0 Å². The fourth-order valence-corrected chi connectivity index (χ4v) is 2.11. The van der Waals surface area contributed by atoms with Crippen molar-refractivity contribution in [3.8, 4) is 11.5 Å². The molecule has 118 valence electrons. The highest BCUT2D eigenvalue weighted by atomic mass is 35.5. The van der Waals surface area contributed by atoms with Gasteiger partial charge in [-0.2, -0.15) is 0 Å². The molecule has 0 saturated carbocycles. The molecule has 1 aromatic rings. The molecule has 1 aromatic carbocycles. The number of amides is 1. The first kappa shape index (κ1) is 17.6. The van der Waals surface area contributed by atoms with Crippen LogP contribution >= 0.6 is 11.6 Å². The van der Waals surface area contributed by atoms with Gasteiger partial charge in [-0.15, -0.1) is 0 Å². The Labute approximate surface area is 130 Å². The molecule has 0 saturated heterocycles. The van der Waals surface area contributed by atoms with Crippen LogP contribution in [0.2, 0.25) is 5.02 Å². The minimum Gasteiger partial charge on any atom is -0.493 e. The van der Waals surface area contributed by atoms with Crippen molar-refractivity contribution in [2.24, 2.45) is 5.73 Å². The Morgan fingerprint density at radius 1 is 1.38 bits per heavy atom. The van der Waals surface area contributed by atoms with Crippen molar-refractivity contribution >= 4 is 17.5 Å². The summed E-state index contributed by atoms with van der Waals surface area (Å²) in [6.07, 6.45) is -0.0517. The molecule has 1 amide bonds. The van der Waals surface area contributed by atoms with Crippen LogP contribution < -0.4 is 20.5 Å². The van der Waals surface area contributed by atoms with Crippen LogP contribution in [0.4, 0.5) is 0 Å². The zero-order chi connectivity index (χ0) is 16.0. The maximum absolute atomic E-state index is 12.0. The number of methoxy groups -OCH3 is 1. The van der Waals surface area contributed by atoms with Gasteiger partial charge in [-0.05, 0) is 39.8 Å². The van der Waals surface area contributed by atoms with Crippen LogP contribution in [0.3, 0.4) is 0 Å². The van der Waals surface area contributed by atoms with Crippen LogP contribution in [0, 0.1) is 0 Å². The second kappa shape index (κ2) is 8.10. The molecule has 5 nitrogen and oxygen atoms in total. The summed E-state index contributed by atoms with van der Waals surface area (Å²) in [5.41, 5.74) is 6.43. The van der Waals surface area contributed by atoms with Crippen molar-refractivity contribution in [1.29, 1.82) is 0 Å². The molecule has 6 heteroatoms. The zero-order valence-electron chi connectivity index (χ0n) is 12.9. The van der Waals surface area contributed by atoms with Crippen LogP contribution in [-0.4, -0.2) is 31.7 Å². The van der Waals surface area contributed by atoms with E-state index in [4.69, 9.17) is 26.8 Å². The van der Waals surface area contributed by atoms with Crippen molar-refractivity contribution in [1.82, 2.24) is 5.32 Å². The topological polar surface area (TPSA) is 73.6 Å². The SMILES string of the molecule is COc1cc(Cl)cc(CCN)c1OC(C)C(=O)NC(C)C. The summed E-state index contributed by atoms with van der Waals surface area (Å²) >= 11 is 6.05. The van der Waals surface area contributed by atoms with Gasteiger partial charge in [0.25, 0.3) is 5.91 Å². The van der Waals surface area contributed by atoms with Crippen LogP contribution in [0.5, 0.6) is 11.5 Å². The monoisotopic (exact) mass is 314 g/mol. The predicted octanol–water partition coefficient (Wildman–Crippen LogP) is 2.14. The highest BCUT2D eigenvalue weighted by Gasteiger charge is 2.20. The molecule has 1 atom stereocenters. The maximum Gasteiger partial charge on any atom is 0.260 e.